The van der Waals surface area contributed by atoms with Gasteiger partial charge in [-0.3, -0.25) is 9.59 Å². The second-order valence-electron chi connectivity index (χ2n) is 4.38. The van der Waals surface area contributed by atoms with Gasteiger partial charge in [0.05, 0.1) is 6.61 Å². The van der Waals surface area contributed by atoms with Crippen LogP contribution >= 0.6 is 0 Å². The number of ether oxygens (including phenoxy) is 2. The van der Waals surface area contributed by atoms with Gasteiger partial charge in [0, 0.05) is 23.4 Å². The van der Waals surface area contributed by atoms with Crippen LogP contribution in [0.3, 0.4) is 0 Å². The lowest BCUT2D eigenvalue weighted by molar-refractivity contribution is -0.143. The Morgan fingerprint density at radius 2 is 1.74 bits per heavy atom. The Balaban J connectivity index is 2.45. The van der Waals surface area contributed by atoms with Crippen LogP contribution in [-0.4, -0.2) is 36.8 Å². The van der Waals surface area contributed by atoms with Gasteiger partial charge in [0.15, 0.2) is 12.4 Å². The van der Waals surface area contributed by atoms with Crippen LogP contribution in [0, 0.1) is 0 Å². The predicted molar refractivity (Wildman–Crippen MR) is 81.8 cm³/mol. The quantitative estimate of drug-likeness (QED) is 0.464. The third kappa shape index (κ3) is 7.03. The summed E-state index contributed by atoms with van der Waals surface area (Å²) in [5.41, 5.74) is 0.873. The fourth-order valence-corrected chi connectivity index (χ4v) is 1.52. The van der Waals surface area contributed by atoms with E-state index in [2.05, 4.69) is 14.8 Å². The lowest BCUT2D eigenvalue weighted by Crippen LogP contribution is -2.20. The molecule has 1 amide bonds. The molecule has 1 rings (SSSR count). The minimum atomic E-state index is -0.842. The van der Waals surface area contributed by atoms with Gasteiger partial charge in [0.1, 0.15) is 0 Å². The molecule has 0 aliphatic carbocycles. The molecule has 0 heterocycles. The van der Waals surface area contributed by atoms with Crippen LogP contribution in [0.15, 0.2) is 36.4 Å². The van der Waals surface area contributed by atoms with Crippen LogP contribution in [0.2, 0.25) is 0 Å². The second-order valence-corrected chi connectivity index (χ2v) is 4.38. The molecule has 0 aliphatic rings. The maximum Gasteiger partial charge on any atom is 0.331 e. The van der Waals surface area contributed by atoms with E-state index in [-0.39, 0.29) is 12.4 Å². The van der Waals surface area contributed by atoms with E-state index in [9.17, 15) is 19.2 Å². The first kappa shape index (κ1) is 18.1. The molecule has 1 aromatic carbocycles. The van der Waals surface area contributed by atoms with Crippen molar-refractivity contribution in [2.24, 2.45) is 0 Å². The standard InChI is InChI=1S/C16H17NO6/c1-3-22-15(20)7-8-16(21)23-10-14(19)17-13-6-4-5-12(9-13)11(2)18/h4-9H,3,10H2,1-2H3,(H,17,19)/b8-7+. The summed E-state index contributed by atoms with van der Waals surface area (Å²) in [5.74, 6) is -2.21. The number of esters is 2. The minimum absolute atomic E-state index is 0.128. The van der Waals surface area contributed by atoms with Crippen LogP contribution in [-0.2, 0) is 23.9 Å². The molecule has 0 spiro atoms. The Kier molecular flexibility index (Phi) is 7.19. The molecular weight excluding hydrogens is 302 g/mol. The molecule has 0 aliphatic heterocycles. The molecule has 0 aromatic heterocycles. The molecule has 7 nitrogen and oxygen atoms in total. The summed E-state index contributed by atoms with van der Waals surface area (Å²) in [7, 11) is 0. The highest BCUT2D eigenvalue weighted by atomic mass is 16.5. The number of amides is 1. The highest BCUT2D eigenvalue weighted by Gasteiger charge is 2.07. The van der Waals surface area contributed by atoms with E-state index in [1.807, 2.05) is 0 Å². The molecule has 0 bridgehead atoms. The van der Waals surface area contributed by atoms with Crippen LogP contribution < -0.4 is 5.32 Å². The highest BCUT2D eigenvalue weighted by molar-refractivity contribution is 5.98. The van der Waals surface area contributed by atoms with Gasteiger partial charge in [0.25, 0.3) is 5.91 Å². The lowest BCUT2D eigenvalue weighted by Gasteiger charge is -2.06. The monoisotopic (exact) mass is 319 g/mol. The van der Waals surface area contributed by atoms with Crippen molar-refractivity contribution in [3.8, 4) is 0 Å². The first-order valence-corrected chi connectivity index (χ1v) is 6.84. The number of benzene rings is 1. The molecule has 0 saturated carbocycles. The molecule has 1 aromatic rings. The predicted octanol–water partition coefficient (Wildman–Crippen LogP) is 1.49. The van der Waals surface area contributed by atoms with Crippen molar-refractivity contribution >= 4 is 29.3 Å². The van der Waals surface area contributed by atoms with E-state index in [1.54, 1.807) is 25.1 Å². The third-order valence-electron chi connectivity index (χ3n) is 2.54. The molecule has 0 fully saturated rings. The summed E-state index contributed by atoms with van der Waals surface area (Å²) in [4.78, 5) is 45.2. The molecule has 122 valence electrons. The van der Waals surface area contributed by atoms with Crippen molar-refractivity contribution in [3.05, 3.63) is 42.0 Å². The maximum atomic E-state index is 11.6. The fourth-order valence-electron chi connectivity index (χ4n) is 1.52. The smallest absolute Gasteiger partial charge is 0.331 e. The number of rotatable bonds is 7. The fraction of sp³-hybridized carbons (Fsp3) is 0.250. The first-order valence-electron chi connectivity index (χ1n) is 6.84. The molecule has 0 saturated heterocycles. The number of carbonyl (C=O) groups is 4. The largest absolute Gasteiger partial charge is 0.463 e. The Labute approximate surface area is 133 Å². The number of hydrogen-bond donors (Lipinski definition) is 1. The number of ketones is 1. The van der Waals surface area contributed by atoms with Crippen molar-refractivity contribution in [1.82, 2.24) is 0 Å². The first-order chi connectivity index (χ1) is 10.9. The highest BCUT2D eigenvalue weighted by Crippen LogP contribution is 2.11. The molecule has 23 heavy (non-hydrogen) atoms. The van der Waals surface area contributed by atoms with E-state index in [0.29, 0.717) is 11.3 Å². The van der Waals surface area contributed by atoms with Gasteiger partial charge in [-0.25, -0.2) is 9.59 Å². The Morgan fingerprint density at radius 1 is 1.09 bits per heavy atom. The van der Waals surface area contributed by atoms with E-state index < -0.39 is 24.5 Å². The number of hydrogen-bond acceptors (Lipinski definition) is 6. The number of anilines is 1. The Hall–Kier alpha value is -2.96. The Bertz CT molecular complexity index is 635. The summed E-state index contributed by atoms with van der Waals surface area (Å²) in [5, 5.41) is 2.49. The van der Waals surface area contributed by atoms with E-state index in [0.717, 1.165) is 12.2 Å². The van der Waals surface area contributed by atoms with Crippen molar-refractivity contribution in [1.29, 1.82) is 0 Å². The SMILES string of the molecule is CCOC(=O)/C=C/C(=O)OCC(=O)Nc1cccc(C(C)=O)c1. The third-order valence-corrected chi connectivity index (χ3v) is 2.54. The normalized spacial score (nSPS) is 10.2. The van der Waals surface area contributed by atoms with Gasteiger partial charge in [0.2, 0.25) is 0 Å². The number of Topliss-reactive ketones (excluding diaryl/α,β-unsaturated/α-hetero) is 1. The summed E-state index contributed by atoms with van der Waals surface area (Å²) in [6.45, 7) is 2.73. The minimum Gasteiger partial charge on any atom is -0.463 e. The van der Waals surface area contributed by atoms with Crippen molar-refractivity contribution in [2.45, 2.75) is 13.8 Å². The zero-order chi connectivity index (χ0) is 17.2. The lowest BCUT2D eigenvalue weighted by atomic mass is 10.1. The molecule has 0 unspecified atom stereocenters. The topological polar surface area (TPSA) is 98.8 Å². The average molecular weight is 319 g/mol. The molecule has 7 heteroatoms. The second kappa shape index (κ2) is 9.14. The molecular formula is C16H17NO6. The zero-order valence-corrected chi connectivity index (χ0v) is 12.8. The van der Waals surface area contributed by atoms with Crippen molar-refractivity contribution in [3.63, 3.8) is 0 Å². The molecule has 1 N–H and O–H groups in total. The number of nitrogens with one attached hydrogen (secondary N) is 1. The number of carbonyl (C=O) groups excluding carboxylic acids is 4. The van der Waals surface area contributed by atoms with Gasteiger partial charge < -0.3 is 14.8 Å². The average Bonchev–Trinajstić information content (AvgIpc) is 2.51. The molecule has 0 radical (unpaired) electrons. The van der Waals surface area contributed by atoms with Crippen LogP contribution in [0.5, 0.6) is 0 Å². The van der Waals surface area contributed by atoms with E-state index >= 15 is 0 Å². The molecule has 0 atom stereocenters. The summed E-state index contributed by atoms with van der Waals surface area (Å²) >= 11 is 0. The van der Waals surface area contributed by atoms with Gasteiger partial charge in [-0.2, -0.15) is 0 Å². The van der Waals surface area contributed by atoms with Crippen molar-refractivity contribution < 1.29 is 28.7 Å². The van der Waals surface area contributed by atoms with Gasteiger partial charge in [-0.05, 0) is 26.0 Å². The van der Waals surface area contributed by atoms with Crippen LogP contribution in [0.4, 0.5) is 5.69 Å². The van der Waals surface area contributed by atoms with Gasteiger partial charge in [-0.15, -0.1) is 0 Å². The maximum absolute atomic E-state index is 11.6. The zero-order valence-electron chi connectivity index (χ0n) is 12.8. The van der Waals surface area contributed by atoms with Crippen LogP contribution in [0.1, 0.15) is 24.2 Å². The summed E-state index contributed by atoms with van der Waals surface area (Å²) < 4.78 is 9.26. The Morgan fingerprint density at radius 3 is 2.35 bits per heavy atom. The van der Waals surface area contributed by atoms with Crippen LogP contribution in [0.25, 0.3) is 0 Å². The van der Waals surface area contributed by atoms with E-state index in [1.165, 1.54) is 13.0 Å². The summed E-state index contributed by atoms with van der Waals surface area (Å²) in [6, 6.07) is 6.37. The van der Waals surface area contributed by atoms with Gasteiger partial charge >= 0.3 is 11.9 Å². The van der Waals surface area contributed by atoms with Gasteiger partial charge in [-0.1, -0.05) is 12.1 Å². The van der Waals surface area contributed by atoms with Crippen molar-refractivity contribution in [2.75, 3.05) is 18.5 Å². The van der Waals surface area contributed by atoms with E-state index in [4.69, 9.17) is 0 Å². The summed E-state index contributed by atoms with van der Waals surface area (Å²) in [6.07, 6.45) is 1.79.